The Balaban J connectivity index is 6.92. The molecule has 0 aliphatic heterocycles. The van der Waals surface area contributed by atoms with E-state index >= 15 is 0 Å². The summed E-state index contributed by atoms with van der Waals surface area (Å²) in [6.45, 7) is 0. The summed E-state index contributed by atoms with van der Waals surface area (Å²) in [5, 5.41) is 51.6. The van der Waals surface area contributed by atoms with E-state index in [2.05, 4.69) is 0 Å². The molecule has 0 N–H and O–H groups in total. The number of rotatable bonds is 0. The van der Waals surface area contributed by atoms with Crippen LogP contribution in [0.3, 0.4) is 0 Å². The molecule has 0 heterocycles. The monoisotopic (exact) mass is 220 g/mol. The summed E-state index contributed by atoms with van der Waals surface area (Å²) in [6.07, 6.45) is 0. The van der Waals surface area contributed by atoms with E-state index in [1.165, 1.54) is 0 Å². The van der Waals surface area contributed by atoms with Crippen molar-refractivity contribution in [1.29, 1.82) is 31.6 Å². The summed E-state index contributed by atoms with van der Waals surface area (Å²) in [6, 6.07) is 0. The van der Waals surface area contributed by atoms with Crippen molar-refractivity contribution in [3.63, 3.8) is 0 Å². The molecule has 0 rings (SSSR count). The van der Waals surface area contributed by atoms with Crippen molar-refractivity contribution >= 4 is 0 Å². The molecule has 0 amide bonds. The van der Waals surface area contributed by atoms with Gasteiger partial charge in [-0.2, -0.15) is 0 Å². The third-order valence-corrected chi connectivity index (χ3v) is 12.3. The first kappa shape index (κ1) is 10.6. The zero-order valence-electron chi connectivity index (χ0n) is 6.39. The Hall–Kier alpha value is -2.44. The van der Waals surface area contributed by atoms with Crippen LogP contribution in [0.25, 0.3) is 0 Å². The van der Waals surface area contributed by atoms with Gasteiger partial charge in [0.25, 0.3) is 0 Å². The molecule has 0 bridgehead atoms. The second kappa shape index (κ2) is 2.04. The Morgan fingerprint density at radius 3 is 0.615 bits per heavy atom. The molecule has 0 aromatic rings. The Morgan fingerprint density at radius 1 is 0.462 bits per heavy atom. The molecule has 0 unspecified atom stereocenters. The number of nitriles is 6. The van der Waals surface area contributed by atoms with Gasteiger partial charge in [-0.1, -0.05) is 0 Å². The van der Waals surface area contributed by atoms with Crippen LogP contribution in [0.1, 0.15) is 0 Å². The molecule has 0 saturated carbocycles. The van der Waals surface area contributed by atoms with Gasteiger partial charge in [0.2, 0.25) is 0 Å². The van der Waals surface area contributed by atoms with Crippen LogP contribution >= 0.6 is 0 Å². The fourth-order valence-electron chi connectivity index (χ4n) is 0.530. The van der Waals surface area contributed by atoms with Crippen molar-refractivity contribution in [2.45, 2.75) is 0 Å². The van der Waals surface area contributed by atoms with Crippen molar-refractivity contribution in [3.05, 3.63) is 0 Å². The van der Waals surface area contributed by atoms with Crippen LogP contribution in [0, 0.1) is 59.6 Å². The summed E-state index contributed by atoms with van der Waals surface area (Å²) in [7, 11) is 0. The van der Waals surface area contributed by atoms with Gasteiger partial charge in [0.05, 0.1) is 0 Å². The summed E-state index contributed by atoms with van der Waals surface area (Å²) >= 11 is -6.96. The molecule has 56 valence electrons. The standard InChI is InChI=1S/6CN.Zn/c6*1-2;. The Kier molecular flexibility index (Phi) is 1.65. The van der Waals surface area contributed by atoms with E-state index in [0.29, 0.717) is 0 Å². The summed E-state index contributed by atoms with van der Waals surface area (Å²) in [4.78, 5) is 0. The van der Waals surface area contributed by atoms with Gasteiger partial charge >= 0.3 is 72.0 Å². The van der Waals surface area contributed by atoms with Crippen LogP contribution < -0.4 is 0 Å². The van der Waals surface area contributed by atoms with Crippen molar-refractivity contribution in [1.82, 2.24) is 0 Å². The molecule has 0 aromatic heterocycles. The fraction of sp³-hybridized carbons (Fsp3) is 0. The van der Waals surface area contributed by atoms with E-state index in [1.807, 2.05) is 0 Å². The molecule has 0 radical (unpaired) electrons. The minimum absolute atomic E-state index is 1.09. The first-order valence-corrected chi connectivity index (χ1v) is 12.4. The van der Waals surface area contributed by atoms with Gasteiger partial charge in [-0.15, -0.1) is 0 Å². The molecule has 0 spiro atoms. The summed E-state index contributed by atoms with van der Waals surface area (Å²) in [5.41, 5.74) is 0. The molecule has 0 aliphatic rings. The number of hydrogen-bond donors (Lipinski definition) is 0. The molecule has 0 aliphatic carbocycles. The van der Waals surface area contributed by atoms with E-state index in [4.69, 9.17) is 31.6 Å². The number of nitrogens with zero attached hydrogens (tertiary/aromatic N) is 6. The van der Waals surface area contributed by atoms with Crippen LogP contribution in [0.15, 0.2) is 0 Å². The van der Waals surface area contributed by atoms with Gasteiger partial charge in [0.15, 0.2) is 0 Å². The van der Waals surface area contributed by atoms with Gasteiger partial charge in [-0.05, 0) is 0 Å². The second-order valence-corrected chi connectivity index (χ2v) is 18.7. The first-order valence-electron chi connectivity index (χ1n) is 3.46. The molecule has 0 atom stereocenters. The Bertz CT molecular complexity index is 387. The van der Waals surface area contributed by atoms with Gasteiger partial charge in [-0.3, -0.25) is 0 Å². The molecule has 0 fully saturated rings. The van der Waals surface area contributed by atoms with Crippen LogP contribution in [0.4, 0.5) is 0 Å². The molecule has 7 heteroatoms. The molecule has 0 saturated heterocycles. The van der Waals surface area contributed by atoms with Gasteiger partial charge in [-0.25, -0.2) is 0 Å². The first-order chi connectivity index (χ1) is 5.97. The zero-order valence-corrected chi connectivity index (χ0v) is 9.36. The Morgan fingerprint density at radius 2 is 0.615 bits per heavy atom. The van der Waals surface area contributed by atoms with E-state index in [1.54, 1.807) is 0 Å². The third-order valence-electron chi connectivity index (χ3n) is 2.37. The maximum atomic E-state index is 8.61. The average Bonchev–Trinajstić information content (AvgIpc) is 2.26. The molecule has 13 heavy (non-hydrogen) atoms. The summed E-state index contributed by atoms with van der Waals surface area (Å²) < 4.78 is 6.56. The van der Waals surface area contributed by atoms with Crippen LogP contribution in [-0.2, 0) is 12.4 Å². The fourth-order valence-corrected chi connectivity index (χ4v) is 2.76. The quantitative estimate of drug-likeness (QED) is 0.531. The molecule has 0 aromatic carbocycles. The molecule has 6 nitrogen and oxygen atoms in total. The van der Waals surface area contributed by atoms with Gasteiger partial charge < -0.3 is 0 Å². The minimum atomic E-state index is -6.96. The van der Waals surface area contributed by atoms with Crippen LogP contribution in [-0.4, -0.2) is 0 Å². The Labute approximate surface area is 72.3 Å². The molecular weight excluding hydrogens is 221 g/mol. The summed E-state index contributed by atoms with van der Waals surface area (Å²) in [5.74, 6) is 0. The van der Waals surface area contributed by atoms with Gasteiger partial charge in [0, 0.05) is 0 Å². The zero-order chi connectivity index (χ0) is 10.7. The van der Waals surface area contributed by atoms with Crippen LogP contribution in [0.2, 0.25) is 0 Å². The van der Waals surface area contributed by atoms with Crippen molar-refractivity contribution < 1.29 is 12.4 Å². The van der Waals surface area contributed by atoms with Crippen molar-refractivity contribution in [2.75, 3.05) is 0 Å². The average molecular weight is 221 g/mol. The van der Waals surface area contributed by atoms with Crippen molar-refractivity contribution in [3.8, 4) is 28.0 Å². The van der Waals surface area contributed by atoms with Crippen molar-refractivity contribution in [2.24, 2.45) is 0 Å². The third kappa shape index (κ3) is 0.720. The topological polar surface area (TPSA) is 143 Å². The SMILES string of the molecule is N#[C][Zn]([C]#N)([C]#N)([C]#N)([C]#N)[C]#N. The van der Waals surface area contributed by atoms with E-state index in [0.717, 1.165) is 28.0 Å². The van der Waals surface area contributed by atoms with Crippen LogP contribution in [0.5, 0.6) is 0 Å². The second-order valence-electron chi connectivity index (χ2n) is 3.60. The van der Waals surface area contributed by atoms with E-state index < -0.39 is 12.4 Å². The molecular formula is C6N6Zn. The predicted molar refractivity (Wildman–Crippen MR) is 33.7 cm³/mol. The predicted octanol–water partition coefficient (Wildman–Crippen LogP) is 0.0982. The van der Waals surface area contributed by atoms with E-state index in [-0.39, 0.29) is 0 Å². The van der Waals surface area contributed by atoms with E-state index in [9.17, 15) is 0 Å². The number of hydrogen-bond acceptors (Lipinski definition) is 6. The maximum absolute atomic E-state index is 8.61. The normalized spacial score (nSPS) is 10.6. The van der Waals surface area contributed by atoms with Gasteiger partial charge in [0.1, 0.15) is 0 Å².